The summed E-state index contributed by atoms with van der Waals surface area (Å²) in [6, 6.07) is 25.0. The van der Waals surface area contributed by atoms with Gasteiger partial charge >= 0.3 is 0 Å². The van der Waals surface area contributed by atoms with Gasteiger partial charge in [0.05, 0.1) is 0 Å². The Morgan fingerprint density at radius 1 is 0.792 bits per heavy atom. The minimum absolute atomic E-state index is 0.310. The zero-order valence-electron chi connectivity index (χ0n) is 14.4. The normalized spacial score (nSPS) is 11.0. The van der Waals surface area contributed by atoms with Crippen molar-refractivity contribution in [2.75, 3.05) is 0 Å². The molecule has 0 unspecified atom stereocenters. The highest BCUT2D eigenvalue weighted by atomic mass is 16.3. The zero-order chi connectivity index (χ0) is 16.9. The second kappa shape index (κ2) is 7.35. The second-order valence-corrected chi connectivity index (χ2v) is 6.60. The van der Waals surface area contributed by atoms with Crippen molar-refractivity contribution in [3.05, 3.63) is 89.5 Å². The Labute approximate surface area is 144 Å². The molecule has 0 aromatic heterocycles. The molecule has 0 bridgehead atoms. The third-order valence-corrected chi connectivity index (χ3v) is 4.50. The fourth-order valence-corrected chi connectivity index (χ4v) is 3.00. The molecule has 122 valence electrons. The van der Waals surface area contributed by atoms with Crippen LogP contribution in [0, 0.1) is 0 Å². The Hall–Kier alpha value is -2.54. The van der Waals surface area contributed by atoms with Gasteiger partial charge in [-0.3, -0.25) is 0 Å². The fourth-order valence-electron chi connectivity index (χ4n) is 3.00. The summed E-state index contributed by atoms with van der Waals surface area (Å²) in [7, 11) is 0. The van der Waals surface area contributed by atoms with Crippen LogP contribution in [-0.2, 0) is 12.8 Å². The molecule has 3 aromatic carbocycles. The number of rotatable bonds is 5. The van der Waals surface area contributed by atoms with Gasteiger partial charge in [-0.15, -0.1) is 0 Å². The summed E-state index contributed by atoms with van der Waals surface area (Å²) < 4.78 is 0. The van der Waals surface area contributed by atoms with Gasteiger partial charge < -0.3 is 5.11 Å². The lowest BCUT2D eigenvalue weighted by molar-refractivity contribution is 0.475. The van der Waals surface area contributed by atoms with E-state index < -0.39 is 0 Å². The number of aryl methyl sites for hydroxylation is 2. The molecule has 0 heterocycles. The van der Waals surface area contributed by atoms with Gasteiger partial charge in [-0.2, -0.15) is 0 Å². The molecule has 1 N–H and O–H groups in total. The van der Waals surface area contributed by atoms with Crippen LogP contribution in [0.2, 0.25) is 0 Å². The third kappa shape index (κ3) is 3.86. The molecular formula is C23H24O. The molecule has 0 radical (unpaired) electrons. The first-order valence-electron chi connectivity index (χ1n) is 8.59. The molecule has 24 heavy (non-hydrogen) atoms. The molecule has 3 rings (SSSR count). The summed E-state index contributed by atoms with van der Waals surface area (Å²) in [4.78, 5) is 0. The van der Waals surface area contributed by atoms with Crippen molar-refractivity contribution in [2.24, 2.45) is 0 Å². The molecule has 0 atom stereocenters. The van der Waals surface area contributed by atoms with Gasteiger partial charge in [0.2, 0.25) is 0 Å². The van der Waals surface area contributed by atoms with E-state index in [4.69, 9.17) is 0 Å². The molecule has 0 amide bonds. The van der Waals surface area contributed by atoms with E-state index in [1.165, 1.54) is 27.8 Å². The van der Waals surface area contributed by atoms with Crippen LogP contribution in [0.5, 0.6) is 5.75 Å². The monoisotopic (exact) mass is 316 g/mol. The summed E-state index contributed by atoms with van der Waals surface area (Å²) in [5.41, 5.74) is 6.51. The van der Waals surface area contributed by atoms with Gasteiger partial charge in [-0.05, 0) is 58.7 Å². The molecule has 0 fully saturated rings. The molecular weight excluding hydrogens is 292 g/mol. The average molecular weight is 316 g/mol. The maximum absolute atomic E-state index is 9.57. The minimum Gasteiger partial charge on any atom is -0.508 e. The van der Waals surface area contributed by atoms with E-state index in [0.717, 1.165) is 12.8 Å². The summed E-state index contributed by atoms with van der Waals surface area (Å²) in [6.07, 6.45) is 2.05. The van der Waals surface area contributed by atoms with E-state index in [-0.39, 0.29) is 0 Å². The van der Waals surface area contributed by atoms with Gasteiger partial charge in [0.25, 0.3) is 0 Å². The maximum Gasteiger partial charge on any atom is 0.115 e. The molecule has 1 nitrogen and oxygen atoms in total. The number of hydrogen-bond donors (Lipinski definition) is 1. The lowest BCUT2D eigenvalue weighted by Crippen LogP contribution is -1.97. The van der Waals surface area contributed by atoms with Gasteiger partial charge in [-0.1, -0.05) is 74.5 Å². The highest BCUT2D eigenvalue weighted by molar-refractivity contribution is 5.69. The third-order valence-electron chi connectivity index (χ3n) is 4.50. The lowest BCUT2D eigenvalue weighted by atomic mass is 9.90. The van der Waals surface area contributed by atoms with Crippen molar-refractivity contribution in [2.45, 2.75) is 32.6 Å². The summed E-state index contributed by atoms with van der Waals surface area (Å²) in [6.45, 7) is 4.44. The minimum atomic E-state index is 0.310. The first kappa shape index (κ1) is 16.3. The number of phenolic OH excluding ortho intramolecular Hbond substituents is 1. The smallest absolute Gasteiger partial charge is 0.115 e. The molecule has 0 aliphatic rings. The Morgan fingerprint density at radius 2 is 1.50 bits per heavy atom. The largest absolute Gasteiger partial charge is 0.508 e. The zero-order valence-corrected chi connectivity index (χ0v) is 14.4. The van der Waals surface area contributed by atoms with Gasteiger partial charge in [0.15, 0.2) is 0 Å². The molecule has 0 saturated carbocycles. The van der Waals surface area contributed by atoms with E-state index in [9.17, 15) is 5.11 Å². The van der Waals surface area contributed by atoms with E-state index in [1.54, 1.807) is 12.1 Å². The number of phenols is 1. The van der Waals surface area contributed by atoms with E-state index >= 15 is 0 Å². The topological polar surface area (TPSA) is 20.2 Å². The van der Waals surface area contributed by atoms with E-state index in [2.05, 4.69) is 62.4 Å². The molecule has 0 aliphatic heterocycles. The molecule has 0 aliphatic carbocycles. The van der Waals surface area contributed by atoms with Crippen LogP contribution < -0.4 is 0 Å². The number of aromatic hydroxyl groups is 1. The van der Waals surface area contributed by atoms with Crippen LogP contribution >= 0.6 is 0 Å². The van der Waals surface area contributed by atoms with Crippen LogP contribution in [-0.4, -0.2) is 5.11 Å². The highest BCUT2D eigenvalue weighted by Gasteiger charge is 2.09. The number of benzene rings is 3. The van der Waals surface area contributed by atoms with Crippen molar-refractivity contribution in [3.8, 4) is 16.9 Å². The van der Waals surface area contributed by atoms with Crippen LogP contribution in [0.25, 0.3) is 11.1 Å². The van der Waals surface area contributed by atoms with Crippen molar-refractivity contribution < 1.29 is 5.11 Å². The van der Waals surface area contributed by atoms with Crippen molar-refractivity contribution in [1.29, 1.82) is 0 Å². The van der Waals surface area contributed by atoms with Crippen molar-refractivity contribution in [1.82, 2.24) is 0 Å². The Kier molecular flexibility index (Phi) is 5.00. The van der Waals surface area contributed by atoms with Crippen molar-refractivity contribution >= 4 is 0 Å². The summed E-state index contributed by atoms with van der Waals surface area (Å²) in [5.74, 6) is 0.814. The Balaban J connectivity index is 1.93. The molecule has 0 saturated heterocycles. The Bertz CT molecular complexity index is 786. The van der Waals surface area contributed by atoms with Gasteiger partial charge in [-0.25, -0.2) is 0 Å². The molecule has 3 aromatic rings. The quantitative estimate of drug-likeness (QED) is 0.615. The maximum atomic E-state index is 9.57. The summed E-state index contributed by atoms with van der Waals surface area (Å²) >= 11 is 0. The van der Waals surface area contributed by atoms with E-state index in [0.29, 0.717) is 11.7 Å². The first-order valence-corrected chi connectivity index (χ1v) is 8.59. The van der Waals surface area contributed by atoms with Crippen LogP contribution in [0.15, 0.2) is 72.8 Å². The predicted octanol–water partition coefficient (Wildman–Crippen LogP) is 5.97. The Morgan fingerprint density at radius 3 is 2.17 bits per heavy atom. The number of hydrogen-bond acceptors (Lipinski definition) is 1. The second-order valence-electron chi connectivity index (χ2n) is 6.60. The SMILES string of the molecule is CC(C)c1ccc(CCc2ccccc2)c(-c2ccc(O)cc2)c1. The summed E-state index contributed by atoms with van der Waals surface area (Å²) in [5, 5.41) is 9.57. The fraction of sp³-hybridized carbons (Fsp3) is 0.217. The van der Waals surface area contributed by atoms with E-state index in [1.807, 2.05) is 12.1 Å². The molecule has 1 heteroatoms. The molecule has 0 spiro atoms. The van der Waals surface area contributed by atoms with Gasteiger partial charge in [0, 0.05) is 0 Å². The van der Waals surface area contributed by atoms with Crippen LogP contribution in [0.4, 0.5) is 0 Å². The highest BCUT2D eigenvalue weighted by Crippen LogP contribution is 2.30. The van der Waals surface area contributed by atoms with Crippen molar-refractivity contribution in [3.63, 3.8) is 0 Å². The average Bonchev–Trinajstić information content (AvgIpc) is 2.61. The standard InChI is InChI=1S/C23H24O/c1-17(2)21-11-10-19(9-8-18-6-4-3-5-7-18)23(16-21)20-12-14-22(24)15-13-20/h3-7,10-17,24H,8-9H2,1-2H3. The van der Waals surface area contributed by atoms with Crippen LogP contribution in [0.3, 0.4) is 0 Å². The predicted molar refractivity (Wildman–Crippen MR) is 101 cm³/mol. The van der Waals surface area contributed by atoms with Crippen LogP contribution in [0.1, 0.15) is 36.5 Å². The lowest BCUT2D eigenvalue weighted by Gasteiger charge is -2.14. The van der Waals surface area contributed by atoms with Gasteiger partial charge in [0.1, 0.15) is 5.75 Å². The first-order chi connectivity index (χ1) is 11.6.